The minimum atomic E-state index is -1.05. The van der Waals surface area contributed by atoms with E-state index in [1.807, 2.05) is 0 Å². The number of benzene rings is 2. The lowest BCUT2D eigenvalue weighted by Gasteiger charge is -2.13. The number of hydrogen-bond acceptors (Lipinski definition) is 4. The second-order valence-electron chi connectivity index (χ2n) is 4.08. The van der Waals surface area contributed by atoms with Gasteiger partial charge in [-0.05, 0) is 30.3 Å². The van der Waals surface area contributed by atoms with E-state index < -0.39 is 5.97 Å². The molecule has 0 unspecified atom stereocenters. The lowest BCUT2D eigenvalue weighted by atomic mass is 10.1. The summed E-state index contributed by atoms with van der Waals surface area (Å²) in [6.07, 6.45) is 0. The van der Waals surface area contributed by atoms with Gasteiger partial charge in [-0.3, -0.25) is 0 Å². The second-order valence-corrected chi connectivity index (χ2v) is 4.49. The second kappa shape index (κ2) is 5.71. The molecule has 5 nitrogen and oxygen atoms in total. The van der Waals surface area contributed by atoms with Gasteiger partial charge in [-0.15, -0.1) is 0 Å². The van der Waals surface area contributed by atoms with Crippen molar-refractivity contribution in [2.75, 3.05) is 18.2 Å². The Morgan fingerprint density at radius 2 is 2.00 bits per heavy atom. The molecule has 2 rings (SSSR count). The Hall–Kier alpha value is -2.40. The number of hydrogen-bond donors (Lipinski definition) is 3. The lowest BCUT2D eigenvalue weighted by molar-refractivity contribution is 0.0698. The first-order chi connectivity index (χ1) is 9.51. The van der Waals surface area contributed by atoms with Gasteiger partial charge >= 0.3 is 5.97 Å². The summed E-state index contributed by atoms with van der Waals surface area (Å²) < 4.78 is 5.11. The Kier molecular flexibility index (Phi) is 4.00. The van der Waals surface area contributed by atoms with Crippen molar-refractivity contribution >= 4 is 34.6 Å². The van der Waals surface area contributed by atoms with E-state index in [1.54, 1.807) is 24.3 Å². The van der Waals surface area contributed by atoms with Crippen molar-refractivity contribution in [3.05, 3.63) is 47.0 Å². The number of nitrogens with two attached hydrogens (primary N) is 1. The van der Waals surface area contributed by atoms with E-state index in [9.17, 15) is 4.79 Å². The number of nitrogen functional groups attached to an aromatic ring is 1. The molecular formula is C14H13ClN2O3. The molecule has 0 spiro atoms. The van der Waals surface area contributed by atoms with E-state index in [0.29, 0.717) is 27.8 Å². The van der Waals surface area contributed by atoms with Gasteiger partial charge in [-0.1, -0.05) is 11.6 Å². The van der Waals surface area contributed by atoms with Gasteiger partial charge in [-0.25, -0.2) is 4.79 Å². The molecule has 0 aliphatic heterocycles. The fourth-order valence-electron chi connectivity index (χ4n) is 1.72. The van der Waals surface area contributed by atoms with E-state index >= 15 is 0 Å². The van der Waals surface area contributed by atoms with Crippen molar-refractivity contribution in [1.82, 2.24) is 0 Å². The number of methoxy groups -OCH3 is 1. The Balaban J connectivity index is 2.43. The predicted molar refractivity (Wildman–Crippen MR) is 79.1 cm³/mol. The van der Waals surface area contributed by atoms with Crippen LogP contribution in [0.3, 0.4) is 0 Å². The Morgan fingerprint density at radius 1 is 1.25 bits per heavy atom. The van der Waals surface area contributed by atoms with Crippen molar-refractivity contribution in [3.63, 3.8) is 0 Å². The normalized spacial score (nSPS) is 10.1. The van der Waals surface area contributed by atoms with Crippen LogP contribution in [-0.4, -0.2) is 18.2 Å². The highest BCUT2D eigenvalue weighted by atomic mass is 35.5. The molecule has 0 heterocycles. The smallest absolute Gasteiger partial charge is 0.337 e. The maximum absolute atomic E-state index is 11.2. The summed E-state index contributed by atoms with van der Waals surface area (Å²) in [6.45, 7) is 0. The highest BCUT2D eigenvalue weighted by Crippen LogP contribution is 2.31. The van der Waals surface area contributed by atoms with E-state index in [1.165, 1.54) is 19.2 Å². The van der Waals surface area contributed by atoms with Crippen molar-refractivity contribution in [3.8, 4) is 5.75 Å². The van der Waals surface area contributed by atoms with Crippen molar-refractivity contribution in [1.29, 1.82) is 0 Å². The van der Waals surface area contributed by atoms with Crippen LogP contribution in [0, 0.1) is 0 Å². The summed E-state index contributed by atoms with van der Waals surface area (Å²) in [7, 11) is 1.54. The molecule has 0 aromatic heterocycles. The molecule has 6 heteroatoms. The number of carboxylic acids is 1. The van der Waals surface area contributed by atoms with E-state index in [2.05, 4.69) is 5.32 Å². The first-order valence-corrected chi connectivity index (χ1v) is 6.12. The molecule has 0 aliphatic carbocycles. The first-order valence-electron chi connectivity index (χ1n) is 5.74. The average Bonchev–Trinajstić information content (AvgIpc) is 2.41. The minimum Gasteiger partial charge on any atom is -0.497 e. The predicted octanol–water partition coefficient (Wildman–Crippen LogP) is 3.37. The van der Waals surface area contributed by atoms with Gasteiger partial charge < -0.3 is 20.9 Å². The number of aromatic carboxylic acids is 1. The van der Waals surface area contributed by atoms with Gasteiger partial charge in [0.15, 0.2) is 0 Å². The third-order valence-electron chi connectivity index (χ3n) is 2.72. The maximum Gasteiger partial charge on any atom is 0.337 e. The third kappa shape index (κ3) is 2.95. The maximum atomic E-state index is 11.2. The molecule has 0 bridgehead atoms. The topological polar surface area (TPSA) is 84.6 Å². The largest absolute Gasteiger partial charge is 0.497 e. The van der Waals surface area contributed by atoms with Crippen molar-refractivity contribution < 1.29 is 14.6 Å². The summed E-state index contributed by atoms with van der Waals surface area (Å²) in [6, 6.07) is 9.56. The van der Waals surface area contributed by atoms with Gasteiger partial charge in [0, 0.05) is 11.8 Å². The fraction of sp³-hybridized carbons (Fsp3) is 0.0714. The van der Waals surface area contributed by atoms with Gasteiger partial charge in [-0.2, -0.15) is 0 Å². The van der Waals surface area contributed by atoms with Gasteiger partial charge in [0.25, 0.3) is 0 Å². The van der Waals surface area contributed by atoms with Crippen LogP contribution in [0.25, 0.3) is 0 Å². The molecule has 0 aliphatic rings. The zero-order valence-electron chi connectivity index (χ0n) is 10.7. The molecule has 2 aromatic carbocycles. The van der Waals surface area contributed by atoms with Crippen LogP contribution in [0.4, 0.5) is 17.1 Å². The SMILES string of the molecule is COc1ccc(Cl)c(Nc2cc(N)ccc2C(=O)O)c1. The Labute approximate surface area is 120 Å². The first kappa shape index (κ1) is 14.0. The molecule has 20 heavy (non-hydrogen) atoms. The molecule has 0 atom stereocenters. The fourth-order valence-corrected chi connectivity index (χ4v) is 1.89. The van der Waals surface area contributed by atoms with E-state index in [0.717, 1.165) is 0 Å². The van der Waals surface area contributed by atoms with Crippen molar-refractivity contribution in [2.45, 2.75) is 0 Å². The van der Waals surface area contributed by atoms with E-state index in [4.69, 9.17) is 27.2 Å². The molecule has 104 valence electrons. The van der Waals surface area contributed by atoms with Crippen LogP contribution in [0.5, 0.6) is 5.75 Å². The summed E-state index contributed by atoms with van der Waals surface area (Å²) >= 11 is 6.08. The Morgan fingerprint density at radius 3 is 2.65 bits per heavy atom. The van der Waals surface area contributed by atoms with Crippen LogP contribution in [0.15, 0.2) is 36.4 Å². The average molecular weight is 293 g/mol. The van der Waals surface area contributed by atoms with Gasteiger partial charge in [0.05, 0.1) is 29.1 Å². The number of nitrogens with one attached hydrogen (secondary N) is 1. The molecular weight excluding hydrogens is 280 g/mol. The lowest BCUT2D eigenvalue weighted by Crippen LogP contribution is -2.04. The Bertz CT molecular complexity index is 659. The van der Waals surface area contributed by atoms with Crippen molar-refractivity contribution in [2.24, 2.45) is 0 Å². The van der Waals surface area contributed by atoms with Crippen LogP contribution in [0.2, 0.25) is 5.02 Å². The zero-order valence-corrected chi connectivity index (χ0v) is 11.4. The molecule has 4 N–H and O–H groups in total. The minimum absolute atomic E-state index is 0.109. The zero-order chi connectivity index (χ0) is 14.7. The van der Waals surface area contributed by atoms with Crippen LogP contribution < -0.4 is 15.8 Å². The molecule has 0 saturated heterocycles. The highest BCUT2D eigenvalue weighted by Gasteiger charge is 2.12. The summed E-state index contributed by atoms with van der Waals surface area (Å²) in [5, 5.41) is 12.6. The monoisotopic (exact) mass is 292 g/mol. The molecule has 0 saturated carbocycles. The van der Waals surface area contributed by atoms with Gasteiger partial charge in [0.1, 0.15) is 5.75 Å². The molecule has 0 fully saturated rings. The summed E-state index contributed by atoms with van der Waals surface area (Å²) in [5.41, 5.74) is 7.16. The van der Waals surface area contributed by atoms with E-state index in [-0.39, 0.29) is 5.56 Å². The number of carboxylic acid groups (broad SMARTS) is 1. The number of carbonyl (C=O) groups is 1. The molecule has 0 amide bonds. The number of rotatable bonds is 4. The molecule has 2 aromatic rings. The quantitative estimate of drug-likeness (QED) is 0.752. The van der Waals surface area contributed by atoms with Crippen LogP contribution >= 0.6 is 11.6 Å². The number of anilines is 3. The summed E-state index contributed by atoms with van der Waals surface area (Å²) in [4.78, 5) is 11.2. The highest BCUT2D eigenvalue weighted by molar-refractivity contribution is 6.33. The van der Waals surface area contributed by atoms with Gasteiger partial charge in [0.2, 0.25) is 0 Å². The third-order valence-corrected chi connectivity index (χ3v) is 3.05. The van der Waals surface area contributed by atoms with Crippen LogP contribution in [-0.2, 0) is 0 Å². The molecule has 0 radical (unpaired) electrons. The van der Waals surface area contributed by atoms with Crippen LogP contribution in [0.1, 0.15) is 10.4 Å². The number of ether oxygens (including phenoxy) is 1. The number of halogens is 1. The standard InChI is InChI=1S/C14H13ClN2O3/c1-20-9-3-5-11(15)13(7-9)17-12-6-8(16)2-4-10(12)14(18)19/h2-7,17H,16H2,1H3,(H,18,19). The summed E-state index contributed by atoms with van der Waals surface area (Å²) in [5.74, 6) is -0.441.